The highest BCUT2D eigenvalue weighted by Gasteiger charge is 2.08. The molecule has 90 valence electrons. The molecule has 0 fully saturated rings. The van der Waals surface area contributed by atoms with Crippen molar-refractivity contribution in [2.24, 2.45) is 0 Å². The van der Waals surface area contributed by atoms with Gasteiger partial charge in [0.2, 0.25) is 10.3 Å². The molecular formula is C9H7N7S2. The van der Waals surface area contributed by atoms with Crippen LogP contribution in [0.5, 0.6) is 0 Å². The summed E-state index contributed by atoms with van der Waals surface area (Å²) in [5.41, 5.74) is 12.7. The maximum Gasteiger partial charge on any atom is 0.203 e. The number of anilines is 2. The Kier molecular flexibility index (Phi) is 2.61. The van der Waals surface area contributed by atoms with E-state index < -0.39 is 0 Å². The topological polar surface area (TPSA) is 116 Å². The van der Waals surface area contributed by atoms with E-state index in [0.717, 1.165) is 16.3 Å². The van der Waals surface area contributed by atoms with E-state index in [4.69, 9.17) is 11.5 Å². The molecule has 0 bridgehead atoms. The first-order chi connectivity index (χ1) is 8.72. The molecule has 9 heteroatoms. The van der Waals surface area contributed by atoms with Crippen molar-refractivity contribution in [1.82, 2.24) is 25.4 Å². The van der Waals surface area contributed by atoms with Gasteiger partial charge < -0.3 is 11.5 Å². The Hall–Kier alpha value is -2.13. The van der Waals surface area contributed by atoms with Crippen LogP contribution in [0.2, 0.25) is 0 Å². The highest BCUT2D eigenvalue weighted by atomic mass is 32.1. The fourth-order valence-electron chi connectivity index (χ4n) is 1.34. The molecule has 0 radical (unpaired) electrons. The van der Waals surface area contributed by atoms with Crippen LogP contribution in [-0.4, -0.2) is 25.4 Å². The molecule has 0 spiro atoms. The second-order valence-electron chi connectivity index (χ2n) is 3.32. The average molecular weight is 277 g/mol. The van der Waals surface area contributed by atoms with Gasteiger partial charge in [0.1, 0.15) is 5.69 Å². The zero-order valence-corrected chi connectivity index (χ0v) is 10.6. The summed E-state index contributed by atoms with van der Waals surface area (Å²) in [6, 6.07) is 3.73. The lowest BCUT2D eigenvalue weighted by atomic mass is 10.2. The van der Waals surface area contributed by atoms with Gasteiger partial charge in [-0.25, -0.2) is 0 Å². The fraction of sp³-hybridized carbons (Fsp3) is 0. The lowest BCUT2D eigenvalue weighted by Gasteiger charge is -1.96. The molecule has 3 heterocycles. The summed E-state index contributed by atoms with van der Waals surface area (Å²) in [7, 11) is 0. The predicted molar refractivity (Wildman–Crippen MR) is 70.9 cm³/mol. The van der Waals surface area contributed by atoms with E-state index in [2.05, 4.69) is 25.4 Å². The van der Waals surface area contributed by atoms with Crippen molar-refractivity contribution in [2.45, 2.75) is 0 Å². The molecule has 0 aliphatic heterocycles. The van der Waals surface area contributed by atoms with Gasteiger partial charge in [-0.1, -0.05) is 22.7 Å². The second kappa shape index (κ2) is 4.27. The minimum Gasteiger partial charge on any atom is -0.374 e. The van der Waals surface area contributed by atoms with Crippen LogP contribution in [-0.2, 0) is 0 Å². The monoisotopic (exact) mass is 277 g/mol. The van der Waals surface area contributed by atoms with E-state index >= 15 is 0 Å². The van der Waals surface area contributed by atoms with Gasteiger partial charge in [0.25, 0.3) is 0 Å². The fourth-order valence-corrected chi connectivity index (χ4v) is 2.52. The van der Waals surface area contributed by atoms with Crippen LogP contribution in [0.4, 0.5) is 10.3 Å². The molecule has 7 nitrogen and oxygen atoms in total. The molecule has 0 unspecified atom stereocenters. The first kappa shape index (κ1) is 11.0. The highest BCUT2D eigenvalue weighted by molar-refractivity contribution is 7.18. The summed E-state index contributed by atoms with van der Waals surface area (Å²) in [5, 5.41) is 17.7. The molecule has 0 saturated heterocycles. The minimum atomic E-state index is 0.424. The normalized spacial score (nSPS) is 10.7. The first-order valence-electron chi connectivity index (χ1n) is 4.87. The lowest BCUT2D eigenvalue weighted by Crippen LogP contribution is -1.84. The van der Waals surface area contributed by atoms with Gasteiger partial charge in [0.15, 0.2) is 10.0 Å². The number of aromatic nitrogens is 5. The quantitative estimate of drug-likeness (QED) is 0.724. The van der Waals surface area contributed by atoms with Crippen molar-refractivity contribution in [1.29, 1.82) is 0 Å². The van der Waals surface area contributed by atoms with Crippen LogP contribution < -0.4 is 11.5 Å². The van der Waals surface area contributed by atoms with Crippen LogP contribution in [0.3, 0.4) is 0 Å². The Morgan fingerprint density at radius 2 is 1.50 bits per heavy atom. The van der Waals surface area contributed by atoms with E-state index in [0.29, 0.717) is 15.3 Å². The number of hydrogen-bond acceptors (Lipinski definition) is 9. The molecule has 3 rings (SSSR count). The minimum absolute atomic E-state index is 0.424. The van der Waals surface area contributed by atoms with E-state index in [-0.39, 0.29) is 0 Å². The Bertz CT molecular complexity index is 613. The molecule has 0 amide bonds. The van der Waals surface area contributed by atoms with Crippen molar-refractivity contribution in [3.05, 3.63) is 18.3 Å². The standard InChI is InChI=1S/C9H7N7S2/c10-8-15-13-6(17-8)4-1-2-5(12-3-4)7-14-16-9(11)18-7/h1-3H,(H2,10,15)(H2,11,16). The van der Waals surface area contributed by atoms with Crippen LogP contribution in [0.1, 0.15) is 0 Å². The van der Waals surface area contributed by atoms with Crippen molar-refractivity contribution in [3.8, 4) is 21.3 Å². The summed E-state index contributed by atoms with van der Waals surface area (Å²) >= 11 is 2.61. The van der Waals surface area contributed by atoms with Crippen molar-refractivity contribution >= 4 is 32.9 Å². The summed E-state index contributed by atoms with van der Waals surface area (Å²) < 4.78 is 0. The van der Waals surface area contributed by atoms with E-state index in [1.54, 1.807) is 6.20 Å². The highest BCUT2D eigenvalue weighted by Crippen LogP contribution is 2.27. The summed E-state index contributed by atoms with van der Waals surface area (Å²) in [4.78, 5) is 4.30. The van der Waals surface area contributed by atoms with Gasteiger partial charge in [-0.15, -0.1) is 20.4 Å². The zero-order chi connectivity index (χ0) is 12.5. The SMILES string of the molecule is Nc1nnc(-c2ccc(-c3nnc(N)s3)nc2)s1. The van der Waals surface area contributed by atoms with Crippen molar-refractivity contribution in [3.63, 3.8) is 0 Å². The third-order valence-corrected chi connectivity index (χ3v) is 3.69. The zero-order valence-electron chi connectivity index (χ0n) is 8.94. The van der Waals surface area contributed by atoms with Crippen LogP contribution in [0.15, 0.2) is 18.3 Å². The molecule has 0 aromatic carbocycles. The Balaban J connectivity index is 1.94. The van der Waals surface area contributed by atoms with Gasteiger partial charge in [0.05, 0.1) is 0 Å². The number of nitrogens with two attached hydrogens (primary N) is 2. The van der Waals surface area contributed by atoms with E-state index in [1.165, 1.54) is 22.7 Å². The van der Waals surface area contributed by atoms with Gasteiger partial charge in [-0.2, -0.15) is 0 Å². The number of pyridine rings is 1. The Labute approximate surface area is 110 Å². The summed E-state index contributed by atoms with van der Waals surface area (Å²) in [6.07, 6.45) is 1.70. The molecule has 0 aliphatic carbocycles. The second-order valence-corrected chi connectivity index (χ2v) is 5.34. The van der Waals surface area contributed by atoms with Crippen LogP contribution in [0.25, 0.3) is 21.3 Å². The summed E-state index contributed by atoms with van der Waals surface area (Å²) in [5.74, 6) is 0. The molecule has 4 N–H and O–H groups in total. The Morgan fingerprint density at radius 1 is 0.833 bits per heavy atom. The lowest BCUT2D eigenvalue weighted by molar-refractivity contribution is 1.09. The number of hydrogen-bond donors (Lipinski definition) is 2. The third kappa shape index (κ3) is 2.00. The van der Waals surface area contributed by atoms with E-state index in [1.807, 2.05) is 12.1 Å². The average Bonchev–Trinajstić information content (AvgIpc) is 2.98. The molecule has 18 heavy (non-hydrogen) atoms. The van der Waals surface area contributed by atoms with Gasteiger partial charge in [0, 0.05) is 11.8 Å². The van der Waals surface area contributed by atoms with Crippen molar-refractivity contribution < 1.29 is 0 Å². The van der Waals surface area contributed by atoms with Gasteiger partial charge in [-0.05, 0) is 12.1 Å². The third-order valence-electron chi connectivity index (χ3n) is 2.11. The maximum absolute atomic E-state index is 5.53. The molecule has 0 atom stereocenters. The number of nitrogen functional groups attached to an aromatic ring is 2. The molecule has 3 aromatic rings. The number of rotatable bonds is 2. The smallest absolute Gasteiger partial charge is 0.203 e. The van der Waals surface area contributed by atoms with Crippen molar-refractivity contribution in [2.75, 3.05) is 11.5 Å². The molecule has 0 saturated carbocycles. The van der Waals surface area contributed by atoms with Crippen LogP contribution in [0, 0.1) is 0 Å². The first-order valence-corrected chi connectivity index (χ1v) is 6.50. The van der Waals surface area contributed by atoms with Gasteiger partial charge >= 0.3 is 0 Å². The van der Waals surface area contributed by atoms with E-state index in [9.17, 15) is 0 Å². The Morgan fingerprint density at radius 3 is 2.00 bits per heavy atom. The molecule has 0 aliphatic rings. The molecule has 3 aromatic heterocycles. The van der Waals surface area contributed by atoms with Gasteiger partial charge in [-0.3, -0.25) is 4.98 Å². The number of nitrogens with zero attached hydrogens (tertiary/aromatic N) is 5. The largest absolute Gasteiger partial charge is 0.374 e. The predicted octanol–water partition coefficient (Wildman–Crippen LogP) is 1.28. The van der Waals surface area contributed by atoms with Crippen LogP contribution >= 0.6 is 22.7 Å². The maximum atomic E-state index is 5.53. The summed E-state index contributed by atoms with van der Waals surface area (Å²) in [6.45, 7) is 0. The molecular weight excluding hydrogens is 270 g/mol.